The highest BCUT2D eigenvalue weighted by atomic mass is 16.3. The van der Waals surface area contributed by atoms with E-state index in [0.29, 0.717) is 0 Å². The number of nitrogens with zero attached hydrogens (tertiary/aromatic N) is 1. The minimum Gasteiger partial charge on any atom is -0.461 e. The normalized spacial score (nSPS) is 17.3. The molecule has 0 saturated carbocycles. The molecule has 2 rings (SSSR count). The van der Waals surface area contributed by atoms with Gasteiger partial charge in [-0.15, -0.1) is 0 Å². The molecule has 0 saturated heterocycles. The largest absolute Gasteiger partial charge is 0.461 e. The van der Waals surface area contributed by atoms with Crippen molar-refractivity contribution in [2.75, 3.05) is 13.1 Å². The smallest absolute Gasteiger partial charge is 0.168 e. The molecule has 1 aromatic rings. The summed E-state index contributed by atoms with van der Waals surface area (Å²) in [6.45, 7) is 1.91. The number of aliphatic imine (C=N–C) groups is 1. The van der Waals surface area contributed by atoms with Crippen molar-refractivity contribution in [1.82, 2.24) is 5.32 Å². The summed E-state index contributed by atoms with van der Waals surface area (Å²) in [5, 5.41) is 3.18. The minimum atomic E-state index is 0.838. The van der Waals surface area contributed by atoms with Gasteiger partial charge in [-0.05, 0) is 18.6 Å². The van der Waals surface area contributed by atoms with Crippen LogP contribution < -0.4 is 5.32 Å². The lowest BCUT2D eigenvalue weighted by Crippen LogP contribution is -2.29. The molecular weight excluding hydrogens is 140 g/mol. The summed E-state index contributed by atoms with van der Waals surface area (Å²) in [6.07, 6.45) is 2.78. The maximum Gasteiger partial charge on any atom is 0.168 e. The SMILES string of the molecule is c1coc(C2=NCCCN2)c1. The molecule has 0 fully saturated rings. The molecule has 1 aliphatic rings. The Bertz CT molecular complexity index is 251. The first-order chi connectivity index (χ1) is 5.47. The summed E-state index contributed by atoms with van der Waals surface area (Å²) >= 11 is 0. The van der Waals surface area contributed by atoms with E-state index in [4.69, 9.17) is 4.42 Å². The molecule has 2 heterocycles. The van der Waals surface area contributed by atoms with Crippen LogP contribution in [0.1, 0.15) is 12.2 Å². The van der Waals surface area contributed by atoms with Gasteiger partial charge in [-0.25, -0.2) is 0 Å². The number of rotatable bonds is 1. The van der Waals surface area contributed by atoms with Gasteiger partial charge in [-0.3, -0.25) is 4.99 Å². The zero-order chi connectivity index (χ0) is 7.52. The Morgan fingerprint density at radius 3 is 3.18 bits per heavy atom. The highest BCUT2D eigenvalue weighted by Crippen LogP contribution is 2.03. The van der Waals surface area contributed by atoms with E-state index in [1.807, 2.05) is 12.1 Å². The maximum absolute atomic E-state index is 5.18. The predicted octanol–water partition coefficient (Wildman–Crippen LogP) is 1.02. The third-order valence-electron chi connectivity index (χ3n) is 1.65. The van der Waals surface area contributed by atoms with Crippen molar-refractivity contribution in [2.24, 2.45) is 4.99 Å². The van der Waals surface area contributed by atoms with Gasteiger partial charge in [-0.2, -0.15) is 0 Å². The average Bonchev–Trinajstić information content (AvgIpc) is 2.58. The number of hydrogen-bond donors (Lipinski definition) is 1. The van der Waals surface area contributed by atoms with E-state index in [1.165, 1.54) is 0 Å². The van der Waals surface area contributed by atoms with E-state index >= 15 is 0 Å². The van der Waals surface area contributed by atoms with Crippen LogP contribution >= 0.6 is 0 Å². The average molecular weight is 150 g/mol. The first kappa shape index (κ1) is 6.46. The van der Waals surface area contributed by atoms with Crippen molar-refractivity contribution in [2.45, 2.75) is 6.42 Å². The molecule has 11 heavy (non-hydrogen) atoms. The first-order valence-corrected chi connectivity index (χ1v) is 3.79. The van der Waals surface area contributed by atoms with Crippen LogP contribution in [-0.2, 0) is 0 Å². The summed E-state index contributed by atoms with van der Waals surface area (Å²) in [5.41, 5.74) is 0. The molecule has 0 radical (unpaired) electrons. The van der Waals surface area contributed by atoms with E-state index < -0.39 is 0 Å². The number of hydrogen-bond acceptors (Lipinski definition) is 3. The van der Waals surface area contributed by atoms with Gasteiger partial charge < -0.3 is 9.73 Å². The lowest BCUT2D eigenvalue weighted by molar-refractivity contribution is 0.549. The van der Waals surface area contributed by atoms with Gasteiger partial charge >= 0.3 is 0 Å². The van der Waals surface area contributed by atoms with E-state index in [-0.39, 0.29) is 0 Å². The molecule has 1 aliphatic heterocycles. The quantitative estimate of drug-likeness (QED) is 0.649. The van der Waals surface area contributed by atoms with Gasteiger partial charge in [0.2, 0.25) is 0 Å². The summed E-state index contributed by atoms with van der Waals surface area (Å²) in [5.74, 6) is 1.73. The lowest BCUT2D eigenvalue weighted by Gasteiger charge is -2.11. The molecule has 1 aromatic heterocycles. The Morgan fingerprint density at radius 2 is 2.55 bits per heavy atom. The Morgan fingerprint density at radius 1 is 1.55 bits per heavy atom. The number of amidine groups is 1. The minimum absolute atomic E-state index is 0.838. The van der Waals surface area contributed by atoms with E-state index in [0.717, 1.165) is 31.1 Å². The summed E-state index contributed by atoms with van der Waals surface area (Å²) in [4.78, 5) is 4.28. The van der Waals surface area contributed by atoms with Crippen LogP contribution in [0.15, 0.2) is 27.8 Å². The molecule has 0 unspecified atom stereocenters. The van der Waals surface area contributed by atoms with Gasteiger partial charge in [0.05, 0.1) is 6.26 Å². The molecule has 58 valence electrons. The molecule has 3 nitrogen and oxygen atoms in total. The van der Waals surface area contributed by atoms with Gasteiger partial charge in [0, 0.05) is 13.1 Å². The molecule has 3 heteroatoms. The second-order valence-corrected chi connectivity index (χ2v) is 2.49. The van der Waals surface area contributed by atoms with Crippen LogP contribution in [0.5, 0.6) is 0 Å². The topological polar surface area (TPSA) is 37.5 Å². The molecule has 0 amide bonds. The molecule has 0 aliphatic carbocycles. The number of furan rings is 1. The van der Waals surface area contributed by atoms with Crippen molar-refractivity contribution in [1.29, 1.82) is 0 Å². The van der Waals surface area contributed by atoms with Gasteiger partial charge in [0.25, 0.3) is 0 Å². The predicted molar refractivity (Wildman–Crippen MR) is 42.7 cm³/mol. The number of nitrogens with one attached hydrogen (secondary N) is 1. The highest BCUT2D eigenvalue weighted by molar-refractivity contribution is 5.96. The van der Waals surface area contributed by atoms with Crippen LogP contribution in [0.25, 0.3) is 0 Å². The Hall–Kier alpha value is -1.25. The standard InChI is InChI=1S/C8H10N2O/c1-3-7(11-6-1)8-9-4-2-5-10-8/h1,3,6H,2,4-5H2,(H,9,10). The summed E-state index contributed by atoms with van der Waals surface area (Å²) in [6, 6.07) is 3.78. The van der Waals surface area contributed by atoms with Crippen LogP contribution in [0, 0.1) is 0 Å². The monoisotopic (exact) mass is 150 g/mol. The van der Waals surface area contributed by atoms with E-state index in [2.05, 4.69) is 10.3 Å². The second kappa shape index (κ2) is 2.78. The zero-order valence-corrected chi connectivity index (χ0v) is 6.21. The summed E-state index contributed by atoms with van der Waals surface area (Å²) < 4.78 is 5.18. The molecular formula is C8H10N2O. The highest BCUT2D eigenvalue weighted by Gasteiger charge is 2.07. The van der Waals surface area contributed by atoms with Gasteiger partial charge in [-0.1, -0.05) is 0 Å². The van der Waals surface area contributed by atoms with Crippen LogP contribution in [-0.4, -0.2) is 18.9 Å². The third kappa shape index (κ3) is 1.27. The van der Waals surface area contributed by atoms with E-state index in [9.17, 15) is 0 Å². The maximum atomic E-state index is 5.18. The Kier molecular flexibility index (Phi) is 1.63. The Labute approximate surface area is 65.1 Å². The fraction of sp³-hybridized carbons (Fsp3) is 0.375. The molecule has 0 bridgehead atoms. The summed E-state index contributed by atoms with van der Waals surface area (Å²) in [7, 11) is 0. The molecule has 1 N–H and O–H groups in total. The van der Waals surface area contributed by atoms with Crippen LogP contribution in [0.4, 0.5) is 0 Å². The fourth-order valence-electron chi connectivity index (χ4n) is 1.11. The van der Waals surface area contributed by atoms with Crippen molar-refractivity contribution >= 4 is 5.84 Å². The second-order valence-electron chi connectivity index (χ2n) is 2.49. The van der Waals surface area contributed by atoms with Crippen molar-refractivity contribution in [3.63, 3.8) is 0 Å². The Balaban J connectivity index is 2.22. The molecule has 0 atom stereocenters. The van der Waals surface area contributed by atoms with Crippen molar-refractivity contribution in [3.05, 3.63) is 24.2 Å². The lowest BCUT2D eigenvalue weighted by atomic mass is 10.3. The first-order valence-electron chi connectivity index (χ1n) is 3.79. The van der Waals surface area contributed by atoms with Crippen molar-refractivity contribution in [3.8, 4) is 0 Å². The van der Waals surface area contributed by atoms with Gasteiger partial charge in [0.15, 0.2) is 11.6 Å². The van der Waals surface area contributed by atoms with Crippen LogP contribution in [0.2, 0.25) is 0 Å². The third-order valence-corrected chi connectivity index (χ3v) is 1.65. The van der Waals surface area contributed by atoms with Crippen LogP contribution in [0.3, 0.4) is 0 Å². The van der Waals surface area contributed by atoms with Gasteiger partial charge in [0.1, 0.15) is 0 Å². The molecule has 0 spiro atoms. The van der Waals surface area contributed by atoms with Crippen molar-refractivity contribution < 1.29 is 4.42 Å². The fourth-order valence-corrected chi connectivity index (χ4v) is 1.11. The molecule has 0 aromatic carbocycles. The zero-order valence-electron chi connectivity index (χ0n) is 6.21. The van der Waals surface area contributed by atoms with E-state index in [1.54, 1.807) is 6.26 Å².